The van der Waals surface area contributed by atoms with Gasteiger partial charge in [0.25, 0.3) is 5.91 Å². The molecular formula is C19H23N3O4. The molecule has 2 aromatic rings. The van der Waals surface area contributed by atoms with Crippen molar-refractivity contribution in [2.24, 2.45) is 0 Å². The third-order valence-electron chi connectivity index (χ3n) is 4.11. The van der Waals surface area contributed by atoms with Gasteiger partial charge in [-0.25, -0.2) is 9.97 Å². The van der Waals surface area contributed by atoms with Crippen molar-refractivity contribution in [3.8, 4) is 11.5 Å². The maximum Gasteiger partial charge on any atom is 0.258 e. The number of carbonyl (C=O) groups is 1. The lowest BCUT2D eigenvalue weighted by Crippen LogP contribution is -2.28. The summed E-state index contributed by atoms with van der Waals surface area (Å²) in [6.07, 6.45) is 6.64. The second-order valence-corrected chi connectivity index (χ2v) is 6.05. The molecule has 1 aromatic heterocycles. The highest BCUT2D eigenvalue weighted by atomic mass is 16.5. The molecule has 2 heterocycles. The van der Waals surface area contributed by atoms with Crippen LogP contribution < -0.4 is 14.8 Å². The highest BCUT2D eigenvalue weighted by Crippen LogP contribution is 2.24. The third kappa shape index (κ3) is 5.16. The van der Waals surface area contributed by atoms with Crippen molar-refractivity contribution in [1.82, 2.24) is 15.3 Å². The third-order valence-corrected chi connectivity index (χ3v) is 4.11. The van der Waals surface area contributed by atoms with Crippen molar-refractivity contribution < 1.29 is 19.0 Å². The largest absolute Gasteiger partial charge is 0.497 e. The molecule has 0 aliphatic carbocycles. The van der Waals surface area contributed by atoms with Gasteiger partial charge in [-0.2, -0.15) is 0 Å². The van der Waals surface area contributed by atoms with Gasteiger partial charge in [0, 0.05) is 31.1 Å². The number of methoxy groups -OCH3 is 1. The molecule has 1 aliphatic rings. The quantitative estimate of drug-likeness (QED) is 0.819. The smallest absolute Gasteiger partial charge is 0.258 e. The predicted molar refractivity (Wildman–Crippen MR) is 94.9 cm³/mol. The maximum atomic E-state index is 11.9. The Morgan fingerprint density at radius 1 is 1.19 bits per heavy atom. The fraction of sp³-hybridized carbons (Fsp3) is 0.421. The van der Waals surface area contributed by atoms with Gasteiger partial charge >= 0.3 is 0 Å². The Balaban J connectivity index is 1.42. The summed E-state index contributed by atoms with van der Waals surface area (Å²) in [5.74, 6) is 1.85. The van der Waals surface area contributed by atoms with E-state index in [0.29, 0.717) is 18.1 Å². The van der Waals surface area contributed by atoms with E-state index in [1.54, 1.807) is 43.8 Å². The monoisotopic (exact) mass is 357 g/mol. The summed E-state index contributed by atoms with van der Waals surface area (Å²) in [6, 6.07) is 7.07. The number of ether oxygens (including phenoxy) is 3. The van der Waals surface area contributed by atoms with E-state index in [-0.39, 0.29) is 18.6 Å². The first-order valence-corrected chi connectivity index (χ1v) is 8.70. The van der Waals surface area contributed by atoms with E-state index >= 15 is 0 Å². The Bertz CT molecular complexity index is 698. The molecule has 1 atom stereocenters. The fourth-order valence-electron chi connectivity index (χ4n) is 2.64. The lowest BCUT2D eigenvalue weighted by molar-refractivity contribution is -0.123. The molecule has 0 radical (unpaired) electrons. The standard InChI is InChI=1S/C19H23N3O4/c1-24-15-5-7-16(8-6-15)26-13-18(23)20-10-14-11-21-19(22-12-14)17-4-2-3-9-25-17/h5-8,11-12,17H,2-4,9-10,13H2,1H3,(H,20,23)/t17-/m0/s1. The van der Waals surface area contributed by atoms with Crippen LogP contribution in [0, 0.1) is 0 Å². The van der Waals surface area contributed by atoms with Crippen molar-refractivity contribution >= 4 is 5.91 Å². The molecule has 3 rings (SSSR count). The minimum Gasteiger partial charge on any atom is -0.497 e. The second-order valence-electron chi connectivity index (χ2n) is 6.05. The summed E-state index contributed by atoms with van der Waals surface area (Å²) >= 11 is 0. The minimum absolute atomic E-state index is 0.00899. The van der Waals surface area contributed by atoms with Crippen LogP contribution in [0.15, 0.2) is 36.7 Å². The summed E-state index contributed by atoms with van der Waals surface area (Å²) in [5, 5.41) is 2.79. The zero-order chi connectivity index (χ0) is 18.2. The summed E-state index contributed by atoms with van der Waals surface area (Å²) in [7, 11) is 1.60. The fourth-order valence-corrected chi connectivity index (χ4v) is 2.64. The molecule has 0 spiro atoms. The van der Waals surface area contributed by atoms with Crippen LogP contribution in [-0.2, 0) is 16.1 Å². The van der Waals surface area contributed by atoms with E-state index in [1.165, 1.54) is 0 Å². The molecule has 138 valence electrons. The lowest BCUT2D eigenvalue weighted by Gasteiger charge is -2.21. The van der Waals surface area contributed by atoms with Crippen molar-refractivity contribution in [3.05, 3.63) is 48.0 Å². The molecule has 0 unspecified atom stereocenters. The van der Waals surface area contributed by atoms with E-state index in [0.717, 1.165) is 37.2 Å². The summed E-state index contributed by atoms with van der Waals surface area (Å²) in [4.78, 5) is 20.6. The molecule has 7 heteroatoms. The van der Waals surface area contributed by atoms with E-state index in [9.17, 15) is 4.79 Å². The molecule has 0 saturated carbocycles. The number of nitrogens with one attached hydrogen (secondary N) is 1. The van der Waals surface area contributed by atoms with Crippen LogP contribution in [0.1, 0.15) is 36.8 Å². The van der Waals surface area contributed by atoms with Gasteiger partial charge in [-0.15, -0.1) is 0 Å². The van der Waals surface area contributed by atoms with Crippen LogP contribution in [0.5, 0.6) is 11.5 Å². The van der Waals surface area contributed by atoms with E-state index in [4.69, 9.17) is 14.2 Å². The number of amides is 1. The topological polar surface area (TPSA) is 82.6 Å². The molecule has 7 nitrogen and oxygen atoms in total. The van der Waals surface area contributed by atoms with Crippen LogP contribution in [-0.4, -0.2) is 36.2 Å². The minimum atomic E-state index is -0.208. The lowest BCUT2D eigenvalue weighted by atomic mass is 10.1. The number of nitrogens with zero attached hydrogens (tertiary/aromatic N) is 2. The van der Waals surface area contributed by atoms with Crippen molar-refractivity contribution in [1.29, 1.82) is 0 Å². The first kappa shape index (κ1) is 18.1. The van der Waals surface area contributed by atoms with Crippen LogP contribution in [0.2, 0.25) is 0 Å². The normalized spacial score (nSPS) is 16.7. The van der Waals surface area contributed by atoms with Gasteiger partial charge in [0.2, 0.25) is 0 Å². The highest BCUT2D eigenvalue weighted by molar-refractivity contribution is 5.77. The maximum absolute atomic E-state index is 11.9. The number of hydrogen-bond acceptors (Lipinski definition) is 6. The molecule has 1 amide bonds. The van der Waals surface area contributed by atoms with Crippen molar-refractivity contribution in [3.63, 3.8) is 0 Å². The van der Waals surface area contributed by atoms with Gasteiger partial charge in [-0.1, -0.05) is 0 Å². The van der Waals surface area contributed by atoms with Gasteiger partial charge in [0.15, 0.2) is 12.4 Å². The highest BCUT2D eigenvalue weighted by Gasteiger charge is 2.18. The van der Waals surface area contributed by atoms with Gasteiger partial charge in [-0.3, -0.25) is 4.79 Å². The zero-order valence-corrected chi connectivity index (χ0v) is 14.8. The summed E-state index contributed by atoms with van der Waals surface area (Å²) in [5.41, 5.74) is 0.836. The van der Waals surface area contributed by atoms with Gasteiger partial charge < -0.3 is 19.5 Å². The van der Waals surface area contributed by atoms with E-state index in [2.05, 4.69) is 15.3 Å². The van der Waals surface area contributed by atoms with Gasteiger partial charge in [-0.05, 0) is 43.5 Å². The number of rotatable bonds is 7. The van der Waals surface area contributed by atoms with Crippen LogP contribution in [0.4, 0.5) is 0 Å². The van der Waals surface area contributed by atoms with Gasteiger partial charge in [0.1, 0.15) is 17.6 Å². The summed E-state index contributed by atoms with van der Waals surface area (Å²) in [6.45, 7) is 1.07. The number of aromatic nitrogens is 2. The average molecular weight is 357 g/mol. The van der Waals surface area contributed by atoms with Crippen LogP contribution in [0.25, 0.3) is 0 Å². The predicted octanol–water partition coefficient (Wildman–Crippen LogP) is 2.42. The zero-order valence-electron chi connectivity index (χ0n) is 14.8. The van der Waals surface area contributed by atoms with Crippen molar-refractivity contribution in [2.45, 2.75) is 31.9 Å². The molecule has 1 fully saturated rings. The average Bonchev–Trinajstić information content (AvgIpc) is 2.72. The van der Waals surface area contributed by atoms with E-state index in [1.807, 2.05) is 0 Å². The first-order chi connectivity index (χ1) is 12.7. The Morgan fingerprint density at radius 2 is 1.92 bits per heavy atom. The Kier molecular flexibility index (Phi) is 6.38. The van der Waals surface area contributed by atoms with Crippen molar-refractivity contribution in [2.75, 3.05) is 20.3 Å². The van der Waals surface area contributed by atoms with Gasteiger partial charge in [0.05, 0.1) is 7.11 Å². The number of hydrogen-bond donors (Lipinski definition) is 1. The molecule has 26 heavy (non-hydrogen) atoms. The molecule has 1 aliphatic heterocycles. The summed E-state index contributed by atoms with van der Waals surface area (Å²) < 4.78 is 16.2. The Labute approximate surface area is 152 Å². The number of carbonyl (C=O) groups excluding carboxylic acids is 1. The van der Waals surface area contributed by atoms with Crippen LogP contribution in [0.3, 0.4) is 0 Å². The molecule has 1 saturated heterocycles. The first-order valence-electron chi connectivity index (χ1n) is 8.70. The molecule has 0 bridgehead atoms. The van der Waals surface area contributed by atoms with E-state index < -0.39 is 0 Å². The Hall–Kier alpha value is -2.67. The number of benzene rings is 1. The second kappa shape index (κ2) is 9.15. The van der Waals surface area contributed by atoms with Crippen LogP contribution >= 0.6 is 0 Å². The Morgan fingerprint density at radius 3 is 2.58 bits per heavy atom. The molecule has 1 aromatic carbocycles. The molecule has 1 N–H and O–H groups in total. The SMILES string of the molecule is COc1ccc(OCC(=O)NCc2cnc([C@@H]3CCCCO3)nc2)cc1. The molecular weight excluding hydrogens is 334 g/mol.